The second kappa shape index (κ2) is 6.98. The van der Waals surface area contributed by atoms with E-state index in [2.05, 4.69) is 23.3 Å². The SMILES string of the molecule is CC(C)Oc1c(NCC2CN(C)CCO2)sc(C#N)c1N. The second-order valence-electron chi connectivity index (χ2n) is 5.42. The van der Waals surface area contributed by atoms with Crippen LogP contribution >= 0.6 is 11.3 Å². The number of nitrogen functional groups attached to an aromatic ring is 1. The third-order valence-corrected chi connectivity index (χ3v) is 4.24. The Morgan fingerprint density at radius 2 is 2.38 bits per heavy atom. The van der Waals surface area contributed by atoms with Crippen LogP contribution in [0.5, 0.6) is 5.75 Å². The lowest BCUT2D eigenvalue weighted by Crippen LogP contribution is -2.43. The van der Waals surface area contributed by atoms with Crippen LogP contribution in [-0.2, 0) is 4.74 Å². The Kier molecular flexibility index (Phi) is 5.28. The van der Waals surface area contributed by atoms with Gasteiger partial charge in [-0.3, -0.25) is 0 Å². The van der Waals surface area contributed by atoms with Gasteiger partial charge in [-0.2, -0.15) is 5.26 Å². The van der Waals surface area contributed by atoms with Gasteiger partial charge in [0.1, 0.15) is 21.6 Å². The number of morpholine rings is 1. The highest BCUT2D eigenvalue weighted by molar-refractivity contribution is 7.17. The smallest absolute Gasteiger partial charge is 0.178 e. The van der Waals surface area contributed by atoms with E-state index in [9.17, 15) is 0 Å². The van der Waals surface area contributed by atoms with Crippen molar-refractivity contribution in [2.45, 2.75) is 26.1 Å². The summed E-state index contributed by atoms with van der Waals surface area (Å²) in [5.74, 6) is 0.579. The average molecular weight is 310 g/mol. The van der Waals surface area contributed by atoms with Crippen molar-refractivity contribution < 1.29 is 9.47 Å². The van der Waals surface area contributed by atoms with Crippen LogP contribution in [0.15, 0.2) is 0 Å². The van der Waals surface area contributed by atoms with Gasteiger partial charge in [0.2, 0.25) is 0 Å². The van der Waals surface area contributed by atoms with Gasteiger partial charge in [0.05, 0.1) is 18.8 Å². The zero-order valence-corrected chi connectivity index (χ0v) is 13.5. The van der Waals surface area contributed by atoms with Gasteiger partial charge >= 0.3 is 0 Å². The minimum absolute atomic E-state index is 0.00561. The van der Waals surface area contributed by atoms with Crippen molar-refractivity contribution in [1.29, 1.82) is 5.26 Å². The maximum Gasteiger partial charge on any atom is 0.178 e. The molecule has 2 heterocycles. The lowest BCUT2D eigenvalue weighted by atomic mass is 10.3. The predicted octanol–water partition coefficient (Wildman–Crippen LogP) is 1.73. The first-order chi connectivity index (χ1) is 10.0. The fourth-order valence-electron chi connectivity index (χ4n) is 2.18. The molecule has 0 bridgehead atoms. The zero-order valence-electron chi connectivity index (χ0n) is 12.7. The van der Waals surface area contributed by atoms with Crippen LogP contribution in [0.1, 0.15) is 18.7 Å². The normalized spacial score (nSPS) is 19.5. The van der Waals surface area contributed by atoms with Crippen molar-refractivity contribution in [3.05, 3.63) is 4.88 Å². The Morgan fingerprint density at radius 1 is 1.62 bits per heavy atom. The summed E-state index contributed by atoms with van der Waals surface area (Å²) in [6.45, 7) is 7.14. The molecule has 0 radical (unpaired) electrons. The summed E-state index contributed by atoms with van der Waals surface area (Å²) in [6.07, 6.45) is 0.135. The molecule has 21 heavy (non-hydrogen) atoms. The molecule has 0 amide bonds. The summed E-state index contributed by atoms with van der Waals surface area (Å²) < 4.78 is 11.5. The average Bonchev–Trinajstić information content (AvgIpc) is 2.73. The van der Waals surface area contributed by atoms with Crippen LogP contribution in [0.2, 0.25) is 0 Å². The maximum atomic E-state index is 9.11. The zero-order chi connectivity index (χ0) is 15.4. The predicted molar refractivity (Wildman–Crippen MR) is 84.9 cm³/mol. The van der Waals surface area contributed by atoms with E-state index in [1.54, 1.807) is 0 Å². The summed E-state index contributed by atoms with van der Waals surface area (Å²) in [5, 5.41) is 13.2. The summed E-state index contributed by atoms with van der Waals surface area (Å²) in [7, 11) is 2.08. The standard InChI is InChI=1S/C14H22N4O2S/c1-9(2)20-13-12(16)11(6-15)21-14(13)17-7-10-8-18(3)4-5-19-10/h9-10,17H,4-5,7-8,16H2,1-3H3. The summed E-state index contributed by atoms with van der Waals surface area (Å²) in [6, 6.07) is 2.11. The van der Waals surface area contributed by atoms with E-state index in [-0.39, 0.29) is 12.2 Å². The topological polar surface area (TPSA) is 83.5 Å². The van der Waals surface area contributed by atoms with Gasteiger partial charge < -0.3 is 25.4 Å². The number of anilines is 2. The number of nitrogens with zero attached hydrogens (tertiary/aromatic N) is 2. The molecule has 1 aromatic rings. The molecular weight excluding hydrogens is 288 g/mol. The number of likely N-dealkylation sites (N-methyl/N-ethyl adjacent to an activating group) is 1. The fourth-order valence-corrected chi connectivity index (χ4v) is 3.04. The van der Waals surface area contributed by atoms with Crippen molar-refractivity contribution >= 4 is 22.0 Å². The number of thiophene rings is 1. The van der Waals surface area contributed by atoms with Gasteiger partial charge in [-0.15, -0.1) is 11.3 Å². The molecule has 7 heteroatoms. The first kappa shape index (κ1) is 15.9. The van der Waals surface area contributed by atoms with E-state index in [0.29, 0.717) is 22.9 Å². The lowest BCUT2D eigenvalue weighted by molar-refractivity contribution is -0.0117. The molecule has 0 aromatic carbocycles. The number of nitrogens with two attached hydrogens (primary N) is 1. The molecule has 1 saturated heterocycles. The second-order valence-corrected chi connectivity index (χ2v) is 6.44. The molecule has 1 atom stereocenters. The summed E-state index contributed by atoms with van der Waals surface area (Å²) in [4.78, 5) is 2.72. The van der Waals surface area contributed by atoms with Gasteiger partial charge in [-0.05, 0) is 20.9 Å². The van der Waals surface area contributed by atoms with Crippen LogP contribution in [-0.4, -0.2) is 50.4 Å². The monoisotopic (exact) mass is 310 g/mol. The van der Waals surface area contributed by atoms with Crippen molar-refractivity contribution in [2.75, 3.05) is 44.3 Å². The first-order valence-electron chi connectivity index (χ1n) is 7.04. The molecule has 3 N–H and O–H groups in total. The molecule has 116 valence electrons. The van der Waals surface area contributed by atoms with Crippen LogP contribution in [0, 0.1) is 11.3 Å². The Balaban J connectivity index is 2.06. The third-order valence-electron chi connectivity index (χ3n) is 3.19. The Morgan fingerprint density at radius 3 is 3.00 bits per heavy atom. The highest BCUT2D eigenvalue weighted by Crippen LogP contribution is 2.42. The van der Waals surface area contributed by atoms with Crippen molar-refractivity contribution in [3.63, 3.8) is 0 Å². The van der Waals surface area contributed by atoms with Gasteiger partial charge in [0.25, 0.3) is 0 Å². The number of nitriles is 1. The van der Waals surface area contributed by atoms with Crippen LogP contribution < -0.4 is 15.8 Å². The molecule has 1 aliphatic rings. The minimum atomic E-state index is 0.00561. The summed E-state index contributed by atoms with van der Waals surface area (Å²) >= 11 is 1.33. The number of ether oxygens (including phenoxy) is 2. The van der Waals surface area contributed by atoms with Gasteiger partial charge in [-0.25, -0.2) is 0 Å². The molecule has 1 unspecified atom stereocenters. The molecule has 1 aromatic heterocycles. The third kappa shape index (κ3) is 4.00. The van der Waals surface area contributed by atoms with E-state index >= 15 is 0 Å². The summed E-state index contributed by atoms with van der Waals surface area (Å²) in [5.41, 5.74) is 6.39. The van der Waals surface area contributed by atoms with E-state index in [1.807, 2.05) is 13.8 Å². The molecule has 0 aliphatic carbocycles. The molecule has 0 spiro atoms. The van der Waals surface area contributed by atoms with E-state index in [1.165, 1.54) is 11.3 Å². The van der Waals surface area contributed by atoms with Crippen molar-refractivity contribution in [2.24, 2.45) is 0 Å². The minimum Gasteiger partial charge on any atom is -0.486 e. The first-order valence-corrected chi connectivity index (χ1v) is 7.86. The van der Waals surface area contributed by atoms with E-state index < -0.39 is 0 Å². The van der Waals surface area contributed by atoms with Crippen LogP contribution in [0.25, 0.3) is 0 Å². The highest BCUT2D eigenvalue weighted by Gasteiger charge is 2.21. The number of hydrogen-bond donors (Lipinski definition) is 2. The van der Waals surface area contributed by atoms with Crippen molar-refractivity contribution in [3.8, 4) is 11.8 Å². The number of hydrogen-bond acceptors (Lipinski definition) is 7. The fraction of sp³-hybridized carbons (Fsp3) is 0.643. The Labute approximate surface area is 129 Å². The molecule has 1 aliphatic heterocycles. The number of nitrogens with one attached hydrogen (secondary N) is 1. The molecule has 0 saturated carbocycles. The molecule has 1 fully saturated rings. The highest BCUT2D eigenvalue weighted by atomic mass is 32.1. The van der Waals surface area contributed by atoms with Crippen LogP contribution in [0.4, 0.5) is 10.7 Å². The van der Waals surface area contributed by atoms with Gasteiger partial charge in [-0.1, -0.05) is 0 Å². The lowest BCUT2D eigenvalue weighted by Gasteiger charge is -2.30. The molecular formula is C14H22N4O2S. The van der Waals surface area contributed by atoms with Gasteiger partial charge in [0.15, 0.2) is 5.75 Å². The number of rotatable bonds is 5. The van der Waals surface area contributed by atoms with Gasteiger partial charge in [0, 0.05) is 19.6 Å². The largest absolute Gasteiger partial charge is 0.486 e. The molecule has 6 nitrogen and oxygen atoms in total. The van der Waals surface area contributed by atoms with E-state index in [4.69, 9.17) is 20.5 Å². The van der Waals surface area contributed by atoms with Crippen molar-refractivity contribution in [1.82, 2.24) is 4.90 Å². The maximum absolute atomic E-state index is 9.11. The Bertz CT molecular complexity index is 524. The van der Waals surface area contributed by atoms with Crippen LogP contribution in [0.3, 0.4) is 0 Å². The van der Waals surface area contributed by atoms with E-state index in [0.717, 1.165) is 24.7 Å². The Hall–Kier alpha value is -1.49. The molecule has 2 rings (SSSR count). The quantitative estimate of drug-likeness (QED) is 0.862.